The summed E-state index contributed by atoms with van der Waals surface area (Å²) in [5, 5.41) is 2.88. The third kappa shape index (κ3) is 3.61. The summed E-state index contributed by atoms with van der Waals surface area (Å²) in [4.78, 5) is 10.7. The fraction of sp³-hybridized carbons (Fsp3) is 0.375. The van der Waals surface area contributed by atoms with Gasteiger partial charge in [0, 0.05) is 0 Å². The lowest BCUT2D eigenvalue weighted by Crippen LogP contribution is -2.23. The van der Waals surface area contributed by atoms with Gasteiger partial charge in [-0.1, -0.05) is 0 Å². The van der Waals surface area contributed by atoms with Gasteiger partial charge in [0.25, 0.3) is 0 Å². The Kier molecular flexibility index (Phi) is 3.98. The lowest BCUT2D eigenvalue weighted by molar-refractivity contribution is -0.139. The third-order valence-corrected chi connectivity index (χ3v) is 1.85. The number of esters is 1. The van der Waals surface area contributed by atoms with Gasteiger partial charge >= 0.3 is 5.97 Å². The highest BCUT2D eigenvalue weighted by molar-refractivity contribution is 9.10. The number of methoxy groups -OCH3 is 1. The topological polar surface area (TPSA) is 51.5 Å². The number of ether oxygens (including phenoxy) is 1. The van der Waals surface area contributed by atoms with E-state index in [0.717, 1.165) is 5.76 Å². The summed E-state index contributed by atoms with van der Waals surface area (Å²) in [6.45, 7) is 0.704. The highest BCUT2D eigenvalue weighted by Gasteiger charge is 2.01. The van der Waals surface area contributed by atoms with Crippen molar-refractivity contribution in [2.75, 3.05) is 13.7 Å². The quantitative estimate of drug-likeness (QED) is 0.816. The van der Waals surface area contributed by atoms with Crippen LogP contribution in [0.2, 0.25) is 0 Å². The van der Waals surface area contributed by atoms with Crippen LogP contribution in [0.15, 0.2) is 21.2 Å². The molecule has 0 radical (unpaired) electrons. The van der Waals surface area contributed by atoms with Crippen molar-refractivity contribution in [2.24, 2.45) is 0 Å². The highest BCUT2D eigenvalue weighted by Crippen LogP contribution is 2.13. The van der Waals surface area contributed by atoms with Gasteiger partial charge in [0.1, 0.15) is 5.76 Å². The Morgan fingerprint density at radius 2 is 2.46 bits per heavy atom. The van der Waals surface area contributed by atoms with Gasteiger partial charge in [-0.25, -0.2) is 0 Å². The van der Waals surface area contributed by atoms with Crippen LogP contribution in [0.3, 0.4) is 0 Å². The molecule has 13 heavy (non-hydrogen) atoms. The average molecular weight is 248 g/mol. The molecule has 0 aliphatic rings. The van der Waals surface area contributed by atoms with Crippen molar-refractivity contribution < 1.29 is 13.9 Å². The molecule has 1 heterocycles. The Balaban J connectivity index is 2.24. The fourth-order valence-electron chi connectivity index (χ4n) is 0.807. The first-order valence-corrected chi connectivity index (χ1v) is 4.53. The standard InChI is InChI=1S/C8H10BrNO3/c1-12-8(11)5-10-4-6-2-3-7(9)13-6/h2-3,10H,4-5H2,1H3. The molecule has 4 nitrogen and oxygen atoms in total. The molecule has 0 saturated heterocycles. The Morgan fingerprint density at radius 1 is 1.69 bits per heavy atom. The maximum absolute atomic E-state index is 10.7. The van der Waals surface area contributed by atoms with E-state index >= 15 is 0 Å². The summed E-state index contributed by atoms with van der Waals surface area (Å²) in [5.74, 6) is 0.487. The van der Waals surface area contributed by atoms with Gasteiger partial charge in [0.15, 0.2) is 4.67 Å². The first kappa shape index (κ1) is 10.3. The predicted octanol–water partition coefficient (Wildman–Crippen LogP) is 1.30. The second-order valence-electron chi connectivity index (χ2n) is 2.39. The largest absolute Gasteiger partial charge is 0.468 e. The van der Waals surface area contributed by atoms with Gasteiger partial charge in [0.05, 0.1) is 20.2 Å². The molecular formula is C8H10BrNO3. The molecular weight excluding hydrogens is 238 g/mol. The van der Waals surface area contributed by atoms with E-state index < -0.39 is 0 Å². The van der Waals surface area contributed by atoms with E-state index in [-0.39, 0.29) is 12.5 Å². The summed E-state index contributed by atoms with van der Waals surface area (Å²) in [5.41, 5.74) is 0. The van der Waals surface area contributed by atoms with Crippen LogP contribution >= 0.6 is 15.9 Å². The van der Waals surface area contributed by atoms with Gasteiger partial charge in [0.2, 0.25) is 0 Å². The molecule has 72 valence electrons. The van der Waals surface area contributed by atoms with Crippen LogP contribution in [-0.4, -0.2) is 19.6 Å². The molecule has 0 spiro atoms. The van der Waals surface area contributed by atoms with Gasteiger partial charge in [-0.2, -0.15) is 0 Å². The van der Waals surface area contributed by atoms with E-state index in [1.807, 2.05) is 6.07 Å². The Labute approximate surface area is 84.4 Å². The van der Waals surface area contributed by atoms with Crippen molar-refractivity contribution in [1.82, 2.24) is 5.32 Å². The molecule has 0 bridgehead atoms. The molecule has 0 aliphatic heterocycles. The summed E-state index contributed by atoms with van der Waals surface area (Å²) in [6.07, 6.45) is 0. The van der Waals surface area contributed by atoms with E-state index in [0.29, 0.717) is 11.2 Å². The summed E-state index contributed by atoms with van der Waals surface area (Å²) in [6, 6.07) is 3.63. The predicted molar refractivity (Wildman–Crippen MR) is 50.1 cm³/mol. The zero-order chi connectivity index (χ0) is 9.68. The molecule has 0 amide bonds. The number of carbonyl (C=O) groups is 1. The molecule has 0 aliphatic carbocycles. The van der Waals surface area contributed by atoms with Crippen LogP contribution < -0.4 is 5.32 Å². The molecule has 1 aromatic rings. The maximum Gasteiger partial charge on any atom is 0.319 e. The minimum Gasteiger partial charge on any atom is -0.468 e. The highest BCUT2D eigenvalue weighted by atomic mass is 79.9. The number of hydrogen-bond donors (Lipinski definition) is 1. The van der Waals surface area contributed by atoms with Crippen molar-refractivity contribution in [3.63, 3.8) is 0 Å². The fourth-order valence-corrected chi connectivity index (χ4v) is 1.15. The average Bonchev–Trinajstić information content (AvgIpc) is 2.51. The molecule has 5 heteroatoms. The van der Waals surface area contributed by atoms with Crippen molar-refractivity contribution in [3.8, 4) is 0 Å². The normalized spacial score (nSPS) is 10.0. The first-order valence-electron chi connectivity index (χ1n) is 3.74. The first-order chi connectivity index (χ1) is 6.22. The van der Waals surface area contributed by atoms with Crippen molar-refractivity contribution in [2.45, 2.75) is 6.54 Å². The second-order valence-corrected chi connectivity index (χ2v) is 3.17. The third-order valence-electron chi connectivity index (χ3n) is 1.43. The van der Waals surface area contributed by atoms with Crippen molar-refractivity contribution >= 4 is 21.9 Å². The van der Waals surface area contributed by atoms with Crippen LogP contribution in [-0.2, 0) is 16.1 Å². The van der Waals surface area contributed by atoms with E-state index in [4.69, 9.17) is 4.42 Å². The van der Waals surface area contributed by atoms with Gasteiger partial charge in [-0.15, -0.1) is 0 Å². The maximum atomic E-state index is 10.7. The SMILES string of the molecule is COC(=O)CNCc1ccc(Br)o1. The zero-order valence-corrected chi connectivity index (χ0v) is 8.76. The van der Waals surface area contributed by atoms with Crippen LogP contribution in [0.4, 0.5) is 0 Å². The second kappa shape index (κ2) is 5.04. The monoisotopic (exact) mass is 247 g/mol. The molecule has 0 aromatic carbocycles. The van der Waals surface area contributed by atoms with Gasteiger partial charge in [-0.05, 0) is 28.1 Å². The van der Waals surface area contributed by atoms with Crippen molar-refractivity contribution in [1.29, 1.82) is 0 Å². The van der Waals surface area contributed by atoms with Crippen LogP contribution in [0.5, 0.6) is 0 Å². The van der Waals surface area contributed by atoms with E-state index in [2.05, 4.69) is 26.0 Å². The Hall–Kier alpha value is -0.810. The number of rotatable bonds is 4. The van der Waals surface area contributed by atoms with Gasteiger partial charge < -0.3 is 9.15 Å². The zero-order valence-electron chi connectivity index (χ0n) is 7.17. The van der Waals surface area contributed by atoms with Crippen LogP contribution in [0, 0.1) is 0 Å². The lowest BCUT2D eigenvalue weighted by atomic mass is 10.4. The number of furan rings is 1. The molecule has 1 N–H and O–H groups in total. The number of hydrogen-bond acceptors (Lipinski definition) is 4. The number of halogens is 1. The lowest BCUT2D eigenvalue weighted by Gasteiger charge is -1.99. The summed E-state index contributed by atoms with van der Waals surface area (Å²) >= 11 is 3.18. The van der Waals surface area contributed by atoms with Crippen molar-refractivity contribution in [3.05, 3.63) is 22.6 Å². The molecule has 1 aromatic heterocycles. The Morgan fingerprint density at radius 3 is 3.00 bits per heavy atom. The molecule has 0 fully saturated rings. The summed E-state index contributed by atoms with van der Waals surface area (Å²) < 4.78 is 10.3. The van der Waals surface area contributed by atoms with E-state index in [9.17, 15) is 4.79 Å². The van der Waals surface area contributed by atoms with E-state index in [1.54, 1.807) is 6.07 Å². The van der Waals surface area contributed by atoms with E-state index in [1.165, 1.54) is 7.11 Å². The van der Waals surface area contributed by atoms with Crippen LogP contribution in [0.1, 0.15) is 5.76 Å². The summed E-state index contributed by atoms with van der Waals surface area (Å²) in [7, 11) is 1.35. The minimum atomic E-state index is -0.286. The molecule has 0 saturated carbocycles. The van der Waals surface area contributed by atoms with Gasteiger partial charge in [-0.3, -0.25) is 10.1 Å². The molecule has 1 rings (SSSR count). The number of carbonyl (C=O) groups excluding carboxylic acids is 1. The minimum absolute atomic E-state index is 0.189. The molecule has 0 atom stereocenters. The Bertz CT molecular complexity index is 285. The number of nitrogens with one attached hydrogen (secondary N) is 1. The smallest absolute Gasteiger partial charge is 0.319 e. The van der Waals surface area contributed by atoms with Crippen LogP contribution in [0.25, 0.3) is 0 Å². The molecule has 0 unspecified atom stereocenters.